The number of aromatic nitrogens is 1. The lowest BCUT2D eigenvalue weighted by Gasteiger charge is -2.04. The van der Waals surface area contributed by atoms with Crippen molar-refractivity contribution in [3.8, 4) is 0 Å². The molecule has 1 aliphatic rings. The van der Waals surface area contributed by atoms with E-state index < -0.39 is 0 Å². The average Bonchev–Trinajstić information content (AvgIpc) is 2.75. The molecule has 0 saturated heterocycles. The summed E-state index contributed by atoms with van der Waals surface area (Å²) in [4.78, 5) is 15.8. The van der Waals surface area contributed by atoms with Crippen LogP contribution in [0, 0.1) is 11.3 Å². The van der Waals surface area contributed by atoms with Crippen molar-refractivity contribution in [3.05, 3.63) is 24.0 Å². The Morgan fingerprint density at radius 1 is 1.64 bits per heavy atom. The third-order valence-electron chi connectivity index (χ3n) is 2.95. The molecule has 2 N–H and O–H groups in total. The zero-order valence-corrected chi connectivity index (χ0v) is 8.45. The normalized spacial score (nSPS) is 23.1. The van der Waals surface area contributed by atoms with Gasteiger partial charge in [0.25, 0.3) is 0 Å². The molecule has 0 bridgehead atoms. The topological polar surface area (TPSA) is 56.0 Å². The van der Waals surface area contributed by atoms with Crippen LogP contribution in [0.25, 0.3) is 0 Å². The molecule has 1 unspecified atom stereocenters. The number of Topliss-reactive ketones (excluding diaryl/α,β-unsaturated/α-hetero) is 1. The highest BCUT2D eigenvalue weighted by atomic mass is 16.1. The van der Waals surface area contributed by atoms with E-state index in [1.54, 1.807) is 18.5 Å². The van der Waals surface area contributed by atoms with Gasteiger partial charge in [0.05, 0.1) is 5.56 Å². The summed E-state index contributed by atoms with van der Waals surface area (Å²) in [7, 11) is 0. The second kappa shape index (κ2) is 2.80. The van der Waals surface area contributed by atoms with Crippen LogP contribution in [0.15, 0.2) is 18.5 Å². The largest absolute Gasteiger partial charge is 0.398 e. The first kappa shape index (κ1) is 9.19. The Morgan fingerprint density at radius 2 is 2.29 bits per heavy atom. The molecule has 0 aromatic carbocycles. The third kappa shape index (κ3) is 1.39. The molecule has 1 aromatic heterocycles. The van der Waals surface area contributed by atoms with Crippen molar-refractivity contribution in [2.24, 2.45) is 11.3 Å². The lowest BCUT2D eigenvalue weighted by molar-refractivity contribution is 0.0954. The number of hydrogen-bond acceptors (Lipinski definition) is 3. The van der Waals surface area contributed by atoms with Gasteiger partial charge in [-0.2, -0.15) is 0 Å². The number of nitrogens with two attached hydrogens (primary N) is 1. The van der Waals surface area contributed by atoms with E-state index in [0.717, 1.165) is 6.42 Å². The summed E-state index contributed by atoms with van der Waals surface area (Å²) in [6, 6.07) is 1.67. The molecule has 0 aliphatic heterocycles. The van der Waals surface area contributed by atoms with Crippen molar-refractivity contribution in [1.82, 2.24) is 4.98 Å². The molecule has 1 fully saturated rings. The van der Waals surface area contributed by atoms with Gasteiger partial charge in [0.1, 0.15) is 0 Å². The predicted molar refractivity (Wildman–Crippen MR) is 54.9 cm³/mol. The molecule has 0 spiro atoms. The quantitative estimate of drug-likeness (QED) is 0.724. The first-order chi connectivity index (χ1) is 6.52. The number of carbonyl (C=O) groups is 1. The van der Waals surface area contributed by atoms with Crippen LogP contribution in [0.5, 0.6) is 0 Å². The fraction of sp³-hybridized carbons (Fsp3) is 0.455. The molecular weight excluding hydrogens is 176 g/mol. The summed E-state index contributed by atoms with van der Waals surface area (Å²) < 4.78 is 0. The van der Waals surface area contributed by atoms with E-state index in [4.69, 9.17) is 5.73 Å². The molecule has 1 atom stereocenters. The van der Waals surface area contributed by atoms with E-state index in [1.165, 1.54) is 0 Å². The summed E-state index contributed by atoms with van der Waals surface area (Å²) in [6.07, 6.45) is 4.12. The summed E-state index contributed by atoms with van der Waals surface area (Å²) in [6.45, 7) is 4.20. The molecule has 1 aromatic rings. The Hall–Kier alpha value is -1.38. The number of hydrogen-bond donors (Lipinski definition) is 1. The van der Waals surface area contributed by atoms with Gasteiger partial charge in [0.2, 0.25) is 0 Å². The van der Waals surface area contributed by atoms with E-state index in [0.29, 0.717) is 11.3 Å². The molecule has 2 rings (SSSR count). The standard InChI is InChI=1S/C11H14N2O/c1-11(2)5-8(11)10(14)7-6-13-4-3-9(7)12/h3-4,6,8H,5H2,1-2H3,(H2,12,13). The zero-order chi connectivity index (χ0) is 10.3. The first-order valence-corrected chi connectivity index (χ1v) is 4.76. The van der Waals surface area contributed by atoms with Gasteiger partial charge >= 0.3 is 0 Å². The lowest BCUT2D eigenvalue weighted by Crippen LogP contribution is -2.09. The fourth-order valence-electron chi connectivity index (χ4n) is 1.71. The molecule has 1 saturated carbocycles. The van der Waals surface area contributed by atoms with Crippen LogP contribution in [0.3, 0.4) is 0 Å². The maximum Gasteiger partial charge on any atom is 0.170 e. The molecule has 3 nitrogen and oxygen atoms in total. The van der Waals surface area contributed by atoms with Crippen molar-refractivity contribution in [2.75, 3.05) is 5.73 Å². The van der Waals surface area contributed by atoms with Gasteiger partial charge in [-0.3, -0.25) is 9.78 Å². The second-order valence-corrected chi connectivity index (χ2v) is 4.57. The van der Waals surface area contributed by atoms with Crippen LogP contribution in [0.2, 0.25) is 0 Å². The molecule has 0 radical (unpaired) electrons. The Bertz CT molecular complexity index is 385. The number of rotatable bonds is 2. The average molecular weight is 190 g/mol. The molecule has 74 valence electrons. The molecule has 1 heterocycles. The van der Waals surface area contributed by atoms with Crippen LogP contribution in [-0.2, 0) is 0 Å². The van der Waals surface area contributed by atoms with Crippen molar-refractivity contribution in [3.63, 3.8) is 0 Å². The second-order valence-electron chi connectivity index (χ2n) is 4.57. The van der Waals surface area contributed by atoms with E-state index in [1.807, 2.05) is 0 Å². The Morgan fingerprint density at radius 3 is 2.79 bits per heavy atom. The highest BCUT2D eigenvalue weighted by molar-refractivity contribution is 6.03. The summed E-state index contributed by atoms with van der Waals surface area (Å²) in [5, 5.41) is 0. The van der Waals surface area contributed by atoms with Crippen molar-refractivity contribution < 1.29 is 4.79 Å². The van der Waals surface area contributed by atoms with Crippen molar-refractivity contribution in [1.29, 1.82) is 0 Å². The number of nitrogen functional groups attached to an aromatic ring is 1. The number of pyridine rings is 1. The smallest absolute Gasteiger partial charge is 0.170 e. The van der Waals surface area contributed by atoms with Gasteiger partial charge in [0, 0.05) is 24.0 Å². The minimum Gasteiger partial charge on any atom is -0.398 e. The zero-order valence-electron chi connectivity index (χ0n) is 8.45. The molecule has 14 heavy (non-hydrogen) atoms. The van der Waals surface area contributed by atoms with Gasteiger partial charge in [0.15, 0.2) is 5.78 Å². The van der Waals surface area contributed by atoms with Crippen LogP contribution >= 0.6 is 0 Å². The minimum absolute atomic E-state index is 0.133. The van der Waals surface area contributed by atoms with Crippen molar-refractivity contribution in [2.45, 2.75) is 20.3 Å². The number of carbonyl (C=O) groups excluding carboxylic acids is 1. The number of anilines is 1. The van der Waals surface area contributed by atoms with Crippen LogP contribution in [-0.4, -0.2) is 10.8 Å². The minimum atomic E-state index is 0.133. The maximum absolute atomic E-state index is 11.9. The maximum atomic E-state index is 11.9. The fourth-order valence-corrected chi connectivity index (χ4v) is 1.71. The van der Waals surface area contributed by atoms with Gasteiger partial charge in [-0.1, -0.05) is 13.8 Å². The van der Waals surface area contributed by atoms with Crippen LogP contribution in [0.4, 0.5) is 5.69 Å². The highest BCUT2D eigenvalue weighted by Crippen LogP contribution is 2.53. The SMILES string of the molecule is CC1(C)CC1C(=O)c1cnccc1N. The number of nitrogens with zero attached hydrogens (tertiary/aromatic N) is 1. The summed E-state index contributed by atoms with van der Waals surface area (Å²) in [5.74, 6) is 0.273. The van der Waals surface area contributed by atoms with Gasteiger partial charge in [-0.25, -0.2) is 0 Å². The van der Waals surface area contributed by atoms with E-state index in [-0.39, 0.29) is 17.1 Å². The monoisotopic (exact) mass is 190 g/mol. The van der Waals surface area contributed by atoms with E-state index >= 15 is 0 Å². The van der Waals surface area contributed by atoms with Gasteiger partial charge < -0.3 is 5.73 Å². The van der Waals surface area contributed by atoms with Gasteiger partial charge in [-0.05, 0) is 17.9 Å². The van der Waals surface area contributed by atoms with E-state index in [2.05, 4.69) is 18.8 Å². The summed E-state index contributed by atoms with van der Waals surface area (Å²) in [5.41, 5.74) is 6.97. The van der Waals surface area contributed by atoms with Gasteiger partial charge in [-0.15, -0.1) is 0 Å². The Balaban J connectivity index is 2.25. The predicted octanol–water partition coefficient (Wildman–Crippen LogP) is 1.89. The van der Waals surface area contributed by atoms with E-state index in [9.17, 15) is 4.79 Å². The number of ketones is 1. The first-order valence-electron chi connectivity index (χ1n) is 4.76. The molecular formula is C11H14N2O. The highest BCUT2D eigenvalue weighted by Gasteiger charge is 2.50. The summed E-state index contributed by atoms with van der Waals surface area (Å²) >= 11 is 0. The molecule has 0 amide bonds. The lowest BCUT2D eigenvalue weighted by atomic mass is 10.0. The Kier molecular flexibility index (Phi) is 1.84. The van der Waals surface area contributed by atoms with Crippen molar-refractivity contribution >= 4 is 11.5 Å². The molecule has 1 aliphatic carbocycles. The molecule has 3 heteroatoms. The third-order valence-corrected chi connectivity index (χ3v) is 2.95. The van der Waals surface area contributed by atoms with Crippen LogP contribution in [0.1, 0.15) is 30.6 Å². The Labute approximate surface area is 83.3 Å². The van der Waals surface area contributed by atoms with Crippen LogP contribution < -0.4 is 5.73 Å².